The smallest absolute Gasteiger partial charge is 0.344 e. The number of sulfonamides is 1. The highest BCUT2D eigenvalue weighted by Gasteiger charge is 2.22. The first-order chi connectivity index (χ1) is 14.5. The number of hydrogen-bond donors (Lipinski definition) is 1. The molecule has 0 spiro atoms. The van der Waals surface area contributed by atoms with Crippen molar-refractivity contribution < 1.29 is 32.3 Å². The van der Waals surface area contributed by atoms with Crippen molar-refractivity contribution in [2.75, 3.05) is 26.0 Å². The van der Waals surface area contributed by atoms with E-state index < -0.39 is 34.6 Å². The van der Waals surface area contributed by atoms with Crippen LogP contribution in [0.4, 0.5) is 5.69 Å². The molecule has 2 aromatic carbocycles. The summed E-state index contributed by atoms with van der Waals surface area (Å²) in [5.41, 5.74) is 1.41. The van der Waals surface area contributed by atoms with Crippen LogP contribution in [-0.2, 0) is 24.3 Å². The Labute approximate surface area is 181 Å². The molecule has 31 heavy (non-hydrogen) atoms. The van der Waals surface area contributed by atoms with Crippen LogP contribution in [0.15, 0.2) is 47.4 Å². The van der Waals surface area contributed by atoms with Gasteiger partial charge in [-0.05, 0) is 55.8 Å². The second-order valence-electron chi connectivity index (χ2n) is 6.86. The fourth-order valence-corrected chi connectivity index (χ4v) is 3.34. The largest absolute Gasteiger partial charge is 0.482 e. The van der Waals surface area contributed by atoms with Gasteiger partial charge in [0.15, 0.2) is 12.7 Å². The van der Waals surface area contributed by atoms with E-state index in [2.05, 4.69) is 5.32 Å². The van der Waals surface area contributed by atoms with Crippen molar-refractivity contribution >= 4 is 33.9 Å². The van der Waals surface area contributed by atoms with Gasteiger partial charge >= 0.3 is 5.97 Å². The van der Waals surface area contributed by atoms with Crippen LogP contribution < -0.4 is 10.1 Å². The van der Waals surface area contributed by atoms with Gasteiger partial charge in [0.05, 0.1) is 4.90 Å². The quantitative estimate of drug-likeness (QED) is 0.460. The molecular formula is C21H24N2O7S. The maximum Gasteiger partial charge on any atom is 0.344 e. The van der Waals surface area contributed by atoms with Gasteiger partial charge in [-0.25, -0.2) is 17.5 Å². The molecule has 1 amide bonds. The fourth-order valence-electron chi connectivity index (χ4n) is 2.41. The number of hydrogen-bond acceptors (Lipinski definition) is 7. The van der Waals surface area contributed by atoms with Crippen LogP contribution in [0, 0.1) is 6.92 Å². The molecule has 0 saturated heterocycles. The molecule has 1 atom stereocenters. The third-order valence-corrected chi connectivity index (χ3v) is 6.11. The van der Waals surface area contributed by atoms with Crippen LogP contribution in [0.5, 0.6) is 5.75 Å². The number of benzene rings is 2. The van der Waals surface area contributed by atoms with E-state index in [1.165, 1.54) is 57.4 Å². The molecule has 0 aromatic heterocycles. The first-order valence-electron chi connectivity index (χ1n) is 9.26. The van der Waals surface area contributed by atoms with E-state index in [4.69, 9.17) is 9.47 Å². The lowest BCUT2D eigenvalue weighted by Gasteiger charge is -2.17. The molecule has 0 fully saturated rings. The fraction of sp³-hybridized carbons (Fsp3) is 0.286. The molecule has 0 aliphatic carbocycles. The van der Waals surface area contributed by atoms with Crippen molar-refractivity contribution in [1.82, 2.24) is 4.31 Å². The number of nitrogens with zero attached hydrogens (tertiary/aromatic N) is 1. The second-order valence-corrected chi connectivity index (χ2v) is 9.01. The van der Waals surface area contributed by atoms with E-state index in [0.717, 1.165) is 4.31 Å². The Morgan fingerprint density at radius 3 is 2.35 bits per heavy atom. The van der Waals surface area contributed by atoms with Crippen molar-refractivity contribution in [3.63, 3.8) is 0 Å². The molecule has 0 aliphatic heterocycles. The number of anilines is 1. The van der Waals surface area contributed by atoms with Crippen LogP contribution >= 0.6 is 0 Å². The Kier molecular flexibility index (Phi) is 7.89. The van der Waals surface area contributed by atoms with Crippen molar-refractivity contribution in [2.45, 2.75) is 24.8 Å². The first kappa shape index (κ1) is 24.0. The molecule has 166 valence electrons. The summed E-state index contributed by atoms with van der Waals surface area (Å²) in [7, 11) is -0.848. The number of rotatable bonds is 9. The normalized spacial score (nSPS) is 12.2. The molecule has 2 aromatic rings. The van der Waals surface area contributed by atoms with Crippen LogP contribution in [0.3, 0.4) is 0 Å². The van der Waals surface area contributed by atoms with Gasteiger partial charge in [-0.15, -0.1) is 0 Å². The maximum absolute atomic E-state index is 12.4. The average Bonchev–Trinajstić information content (AvgIpc) is 2.73. The molecule has 0 heterocycles. The molecule has 1 N–H and O–H groups in total. The topological polar surface area (TPSA) is 119 Å². The summed E-state index contributed by atoms with van der Waals surface area (Å²) in [6.45, 7) is 2.68. The van der Waals surface area contributed by atoms with Crippen LogP contribution in [0.1, 0.15) is 22.8 Å². The second kappa shape index (κ2) is 10.2. The van der Waals surface area contributed by atoms with Gasteiger partial charge in [0.1, 0.15) is 12.0 Å². The third kappa shape index (κ3) is 6.37. The minimum absolute atomic E-state index is 0.0250. The lowest BCUT2D eigenvalue weighted by Crippen LogP contribution is -2.32. The zero-order valence-electron chi connectivity index (χ0n) is 17.6. The Hall–Kier alpha value is -3.24. The minimum atomic E-state index is -3.67. The average molecular weight is 448 g/mol. The highest BCUT2D eigenvalue weighted by molar-refractivity contribution is 7.89. The molecule has 0 saturated carbocycles. The van der Waals surface area contributed by atoms with Crippen molar-refractivity contribution in [1.29, 1.82) is 0 Å². The van der Waals surface area contributed by atoms with Gasteiger partial charge in [0.25, 0.3) is 5.91 Å². The monoisotopic (exact) mass is 448 g/mol. The lowest BCUT2D eigenvalue weighted by molar-refractivity contribution is -0.155. The SMILES string of the molecule is Cc1ccc(S(=O)(=O)N(C)C)cc1NC(=O)C(C)OC(=O)COc1ccc(C=O)cc1. The van der Waals surface area contributed by atoms with E-state index in [9.17, 15) is 22.8 Å². The summed E-state index contributed by atoms with van der Waals surface area (Å²) in [4.78, 5) is 35.0. The third-order valence-electron chi connectivity index (χ3n) is 4.30. The predicted octanol–water partition coefficient (Wildman–Crippen LogP) is 2.01. The summed E-state index contributed by atoms with van der Waals surface area (Å²) < 4.78 is 36.0. The van der Waals surface area contributed by atoms with Gasteiger partial charge in [-0.2, -0.15) is 0 Å². The first-order valence-corrected chi connectivity index (χ1v) is 10.7. The molecule has 0 aliphatic rings. The zero-order chi connectivity index (χ0) is 23.2. The van der Waals surface area contributed by atoms with Crippen molar-refractivity contribution in [3.8, 4) is 5.75 Å². The van der Waals surface area contributed by atoms with Crippen molar-refractivity contribution in [2.24, 2.45) is 0 Å². The van der Waals surface area contributed by atoms with Gasteiger partial charge in [0.2, 0.25) is 10.0 Å². The number of carbonyl (C=O) groups excluding carboxylic acids is 3. The number of aldehydes is 1. The summed E-state index contributed by atoms with van der Waals surface area (Å²) >= 11 is 0. The van der Waals surface area contributed by atoms with E-state index >= 15 is 0 Å². The Morgan fingerprint density at radius 2 is 1.77 bits per heavy atom. The number of ether oxygens (including phenoxy) is 2. The number of amides is 1. The molecule has 0 radical (unpaired) electrons. The minimum Gasteiger partial charge on any atom is -0.482 e. The van der Waals surface area contributed by atoms with E-state index in [1.54, 1.807) is 13.0 Å². The molecule has 1 unspecified atom stereocenters. The number of nitrogens with one attached hydrogen (secondary N) is 1. The standard InChI is InChI=1S/C21H24N2O7S/c1-14-5-10-18(31(27,28)23(3)4)11-19(14)22-21(26)15(2)30-20(25)13-29-17-8-6-16(12-24)7-9-17/h5-12,15H,13H2,1-4H3,(H,22,26). The van der Waals surface area contributed by atoms with Crippen molar-refractivity contribution in [3.05, 3.63) is 53.6 Å². The Bertz CT molecular complexity index is 1060. The van der Waals surface area contributed by atoms with E-state index in [-0.39, 0.29) is 4.90 Å². The van der Waals surface area contributed by atoms with Gasteiger partial charge in [0, 0.05) is 25.3 Å². The highest BCUT2D eigenvalue weighted by Crippen LogP contribution is 2.22. The van der Waals surface area contributed by atoms with E-state index in [1.807, 2.05) is 0 Å². The predicted molar refractivity (Wildman–Crippen MR) is 114 cm³/mol. The number of carbonyl (C=O) groups is 3. The number of aryl methyl sites for hydroxylation is 1. The summed E-state index contributed by atoms with van der Waals surface area (Å²) in [6, 6.07) is 10.5. The van der Waals surface area contributed by atoms with Gasteiger partial charge < -0.3 is 14.8 Å². The summed E-state index contributed by atoms with van der Waals surface area (Å²) in [5, 5.41) is 2.58. The number of esters is 1. The van der Waals surface area contributed by atoms with Gasteiger partial charge in [-0.3, -0.25) is 9.59 Å². The zero-order valence-corrected chi connectivity index (χ0v) is 18.4. The van der Waals surface area contributed by atoms with Crippen LogP contribution in [-0.4, -0.2) is 57.7 Å². The van der Waals surface area contributed by atoms with E-state index in [0.29, 0.717) is 28.8 Å². The Balaban J connectivity index is 1.97. The molecule has 9 nitrogen and oxygen atoms in total. The highest BCUT2D eigenvalue weighted by atomic mass is 32.2. The molecule has 2 rings (SSSR count). The molecule has 10 heteroatoms. The summed E-state index contributed by atoms with van der Waals surface area (Å²) in [6.07, 6.45) is -0.451. The van der Waals surface area contributed by atoms with Gasteiger partial charge in [-0.1, -0.05) is 6.07 Å². The van der Waals surface area contributed by atoms with Crippen LogP contribution in [0.2, 0.25) is 0 Å². The molecule has 0 bridgehead atoms. The maximum atomic E-state index is 12.4. The summed E-state index contributed by atoms with van der Waals surface area (Å²) in [5.74, 6) is -1.01. The van der Waals surface area contributed by atoms with Crippen LogP contribution in [0.25, 0.3) is 0 Å². The molecular weight excluding hydrogens is 424 g/mol. The Morgan fingerprint density at radius 1 is 1.13 bits per heavy atom. The lowest BCUT2D eigenvalue weighted by atomic mass is 10.2.